The lowest BCUT2D eigenvalue weighted by Gasteiger charge is -2.08. The molecule has 15 heavy (non-hydrogen) atoms. The van der Waals surface area contributed by atoms with Crippen molar-refractivity contribution in [1.29, 1.82) is 5.26 Å². The predicted molar refractivity (Wildman–Crippen MR) is 58.7 cm³/mol. The molecule has 0 aromatic carbocycles. The van der Waals surface area contributed by atoms with Crippen molar-refractivity contribution in [2.75, 3.05) is 7.11 Å². The molecule has 1 unspecified atom stereocenters. The molecule has 0 saturated carbocycles. The Hall–Kier alpha value is -2.08. The number of nitrogens with zero attached hydrogens (tertiary/aromatic N) is 1. The molecule has 0 aromatic rings. The summed E-state index contributed by atoms with van der Waals surface area (Å²) < 4.78 is 4.54. The van der Waals surface area contributed by atoms with Gasteiger partial charge in [-0.05, 0) is 0 Å². The van der Waals surface area contributed by atoms with Gasteiger partial charge in [0.2, 0.25) is 0 Å². The third-order valence-electron chi connectivity index (χ3n) is 1.68. The van der Waals surface area contributed by atoms with Gasteiger partial charge >= 0.3 is 5.97 Å². The topological polar surface area (TPSA) is 50.1 Å². The summed E-state index contributed by atoms with van der Waals surface area (Å²) in [4.78, 5) is 11.2. The summed E-state index contributed by atoms with van der Waals surface area (Å²) in [6, 6.07) is 1.85. The van der Waals surface area contributed by atoms with Gasteiger partial charge in [0, 0.05) is 17.6 Å². The average molecular weight is 203 g/mol. The van der Waals surface area contributed by atoms with E-state index in [1.54, 1.807) is 24.3 Å². The van der Waals surface area contributed by atoms with E-state index in [2.05, 4.69) is 17.9 Å². The zero-order chi connectivity index (χ0) is 11.7. The highest BCUT2D eigenvalue weighted by atomic mass is 16.5. The molecule has 0 fully saturated rings. The van der Waals surface area contributed by atoms with E-state index >= 15 is 0 Å². The van der Waals surface area contributed by atoms with Crippen LogP contribution in [0.2, 0.25) is 0 Å². The van der Waals surface area contributed by atoms with Crippen molar-refractivity contribution >= 4 is 5.97 Å². The summed E-state index contributed by atoms with van der Waals surface area (Å²) in [6.07, 6.45) is 7.84. The smallest absolute Gasteiger partial charge is 0.334 e. The van der Waals surface area contributed by atoms with E-state index in [0.29, 0.717) is 0 Å². The number of ether oxygens (including phenoxy) is 1. The van der Waals surface area contributed by atoms with Crippen molar-refractivity contribution in [2.45, 2.75) is 0 Å². The van der Waals surface area contributed by atoms with Gasteiger partial charge in [0.25, 0.3) is 0 Å². The van der Waals surface area contributed by atoms with Gasteiger partial charge in [-0.25, -0.2) is 4.79 Å². The highest BCUT2D eigenvalue weighted by Crippen LogP contribution is 2.14. The Balaban J connectivity index is 4.78. The van der Waals surface area contributed by atoms with Crippen LogP contribution in [0.25, 0.3) is 0 Å². The Labute approximate surface area is 89.7 Å². The first-order valence-corrected chi connectivity index (χ1v) is 4.30. The Morgan fingerprint density at radius 3 is 2.67 bits per heavy atom. The van der Waals surface area contributed by atoms with Crippen LogP contribution in [-0.2, 0) is 9.53 Å². The molecule has 3 nitrogen and oxygen atoms in total. The van der Waals surface area contributed by atoms with Crippen molar-refractivity contribution in [1.82, 2.24) is 0 Å². The standard InChI is InChI=1S/C12H13NO2/c1-4-5-7-11(8-6-9-13)10(2)12(14)15-3/h4-8,11H,1-2H2,3H3. The van der Waals surface area contributed by atoms with Gasteiger partial charge in [-0.2, -0.15) is 5.26 Å². The van der Waals surface area contributed by atoms with Gasteiger partial charge in [0.15, 0.2) is 0 Å². The van der Waals surface area contributed by atoms with Crippen molar-refractivity contribution in [2.24, 2.45) is 5.92 Å². The van der Waals surface area contributed by atoms with E-state index < -0.39 is 5.97 Å². The molecular weight excluding hydrogens is 190 g/mol. The summed E-state index contributed by atoms with van der Waals surface area (Å²) in [6.45, 7) is 7.13. The fourth-order valence-electron chi connectivity index (χ4n) is 0.909. The Kier molecular flexibility index (Phi) is 6.32. The number of rotatable bonds is 5. The molecule has 0 amide bonds. The predicted octanol–water partition coefficient (Wildman–Crippen LogP) is 2.15. The minimum absolute atomic E-state index is 0.280. The lowest BCUT2D eigenvalue weighted by Crippen LogP contribution is -2.10. The Morgan fingerprint density at radius 2 is 2.20 bits per heavy atom. The number of carbonyl (C=O) groups excluding carboxylic acids is 1. The first-order chi connectivity index (χ1) is 7.17. The number of allylic oxidation sites excluding steroid dienone is 5. The zero-order valence-corrected chi connectivity index (χ0v) is 8.64. The Morgan fingerprint density at radius 1 is 1.53 bits per heavy atom. The number of esters is 1. The SMILES string of the molecule is C=CC=CC(C=CC#N)C(=C)C(=O)OC. The lowest BCUT2D eigenvalue weighted by molar-refractivity contribution is -0.136. The third kappa shape index (κ3) is 4.63. The first kappa shape index (κ1) is 12.9. The molecule has 3 heteroatoms. The zero-order valence-electron chi connectivity index (χ0n) is 8.64. The van der Waals surface area contributed by atoms with E-state index in [-0.39, 0.29) is 11.5 Å². The van der Waals surface area contributed by atoms with Gasteiger partial charge in [-0.15, -0.1) is 0 Å². The van der Waals surface area contributed by atoms with Crippen molar-refractivity contribution < 1.29 is 9.53 Å². The van der Waals surface area contributed by atoms with E-state index in [4.69, 9.17) is 5.26 Å². The molecule has 0 aromatic heterocycles. The molecule has 0 aliphatic carbocycles. The van der Waals surface area contributed by atoms with Crippen LogP contribution in [0.1, 0.15) is 0 Å². The number of hydrogen-bond acceptors (Lipinski definition) is 3. The van der Waals surface area contributed by atoms with Crippen LogP contribution in [-0.4, -0.2) is 13.1 Å². The minimum atomic E-state index is -0.490. The van der Waals surface area contributed by atoms with Crippen LogP contribution < -0.4 is 0 Å². The second-order valence-electron chi connectivity index (χ2n) is 2.65. The highest BCUT2D eigenvalue weighted by Gasteiger charge is 2.13. The first-order valence-electron chi connectivity index (χ1n) is 4.30. The maximum atomic E-state index is 11.2. The molecule has 0 N–H and O–H groups in total. The molecule has 0 aliphatic heterocycles. The summed E-state index contributed by atoms with van der Waals surface area (Å²) in [5, 5.41) is 8.39. The van der Waals surface area contributed by atoms with Crippen LogP contribution in [0.15, 0.2) is 49.1 Å². The number of hydrogen-bond donors (Lipinski definition) is 0. The number of methoxy groups -OCH3 is 1. The molecule has 0 radical (unpaired) electrons. The fraction of sp³-hybridized carbons (Fsp3) is 0.167. The molecule has 1 atom stereocenters. The quantitative estimate of drug-likeness (QED) is 0.298. The van der Waals surface area contributed by atoms with E-state index in [1.807, 2.05) is 6.07 Å². The second-order valence-corrected chi connectivity index (χ2v) is 2.65. The van der Waals surface area contributed by atoms with Crippen molar-refractivity contribution in [3.63, 3.8) is 0 Å². The summed E-state index contributed by atoms with van der Waals surface area (Å²) in [5.41, 5.74) is 0.280. The van der Waals surface area contributed by atoms with Crippen molar-refractivity contribution in [3.05, 3.63) is 49.1 Å². The summed E-state index contributed by atoms with van der Waals surface area (Å²) in [7, 11) is 1.29. The third-order valence-corrected chi connectivity index (χ3v) is 1.68. The van der Waals surface area contributed by atoms with Crippen LogP contribution >= 0.6 is 0 Å². The molecule has 0 aliphatic rings. The molecule has 0 rings (SSSR count). The van der Waals surface area contributed by atoms with Gasteiger partial charge in [0.05, 0.1) is 13.2 Å². The second kappa shape index (κ2) is 7.34. The summed E-state index contributed by atoms with van der Waals surface area (Å²) in [5.74, 6) is -0.827. The highest BCUT2D eigenvalue weighted by molar-refractivity contribution is 5.89. The van der Waals surface area contributed by atoms with Crippen LogP contribution in [0.3, 0.4) is 0 Å². The van der Waals surface area contributed by atoms with Gasteiger partial charge in [-0.1, -0.05) is 37.5 Å². The normalized spacial score (nSPS) is 12.3. The molecular formula is C12H13NO2. The minimum Gasteiger partial charge on any atom is -0.466 e. The average Bonchev–Trinajstić information content (AvgIpc) is 2.27. The van der Waals surface area contributed by atoms with Gasteiger partial charge in [0.1, 0.15) is 0 Å². The Bertz CT molecular complexity index is 345. The van der Waals surface area contributed by atoms with Crippen LogP contribution in [0, 0.1) is 17.2 Å². The van der Waals surface area contributed by atoms with Crippen LogP contribution in [0.5, 0.6) is 0 Å². The van der Waals surface area contributed by atoms with Crippen LogP contribution in [0.4, 0.5) is 0 Å². The molecule has 0 bridgehead atoms. The lowest BCUT2D eigenvalue weighted by atomic mass is 9.99. The van der Waals surface area contributed by atoms with Gasteiger partial charge in [-0.3, -0.25) is 0 Å². The summed E-state index contributed by atoms with van der Waals surface area (Å²) >= 11 is 0. The molecule has 78 valence electrons. The monoisotopic (exact) mass is 203 g/mol. The maximum absolute atomic E-state index is 11.2. The molecule has 0 spiro atoms. The number of nitriles is 1. The fourth-order valence-corrected chi connectivity index (χ4v) is 0.909. The van der Waals surface area contributed by atoms with Gasteiger partial charge < -0.3 is 4.74 Å². The van der Waals surface area contributed by atoms with Crippen molar-refractivity contribution in [3.8, 4) is 6.07 Å². The molecule has 0 saturated heterocycles. The van der Waals surface area contributed by atoms with E-state index in [0.717, 1.165) is 0 Å². The molecule has 0 heterocycles. The van der Waals surface area contributed by atoms with E-state index in [9.17, 15) is 4.79 Å². The van der Waals surface area contributed by atoms with E-state index in [1.165, 1.54) is 13.2 Å². The maximum Gasteiger partial charge on any atom is 0.334 e. The largest absolute Gasteiger partial charge is 0.466 e. The number of carbonyl (C=O) groups is 1.